The Hall–Kier alpha value is -1.88. The summed E-state index contributed by atoms with van der Waals surface area (Å²) in [5, 5.41) is 9.77. The molecule has 198 valence electrons. The molecule has 0 bridgehead atoms. The van der Waals surface area contributed by atoms with E-state index >= 15 is 4.39 Å². The Morgan fingerprint density at radius 3 is 2.39 bits per heavy atom. The van der Waals surface area contributed by atoms with Crippen LogP contribution >= 0.6 is 15.9 Å². The third-order valence-electron chi connectivity index (χ3n) is 7.84. The lowest BCUT2D eigenvalue weighted by atomic mass is 9.73. The predicted molar refractivity (Wildman–Crippen MR) is 149 cm³/mol. The van der Waals surface area contributed by atoms with Gasteiger partial charge in [-0.1, -0.05) is 82.7 Å². The monoisotopic (exact) mass is 560 g/mol. The molecule has 0 heterocycles. The second-order valence-electron chi connectivity index (χ2n) is 10.4. The highest BCUT2D eigenvalue weighted by Gasteiger charge is 2.47. The Morgan fingerprint density at radius 1 is 1.08 bits per heavy atom. The first-order valence-corrected chi connectivity index (χ1v) is 14.6. The predicted octanol–water partition coefficient (Wildman–Crippen LogP) is 9.41. The number of halogens is 2. The van der Waals surface area contributed by atoms with E-state index in [1.807, 2.05) is 13.0 Å². The fourth-order valence-corrected chi connectivity index (χ4v) is 5.92. The number of carbonyl (C=O) groups is 1. The van der Waals surface area contributed by atoms with Crippen LogP contribution in [0.25, 0.3) is 11.1 Å². The molecule has 5 heteroatoms. The lowest BCUT2D eigenvalue weighted by Gasteiger charge is -2.35. The van der Waals surface area contributed by atoms with Crippen molar-refractivity contribution in [3.05, 3.63) is 52.5 Å². The zero-order chi connectivity index (χ0) is 26.0. The first kappa shape index (κ1) is 28.7. The third kappa shape index (κ3) is 7.81. The fraction of sp³-hybridized carbons (Fsp3) is 0.581. The Bertz CT molecular complexity index is 955. The molecule has 1 N–H and O–H groups in total. The molecule has 3 nitrogen and oxygen atoms in total. The van der Waals surface area contributed by atoms with Gasteiger partial charge < -0.3 is 9.84 Å². The minimum Gasteiger partial charge on any atom is -0.492 e. The number of aryl methyl sites for hydroxylation is 1. The number of alkyl halides is 1. The SMILES string of the molecule is CCCCCOc1ccc(-c2ccc(CCC(CC)C[C@@](F)(C(=O)O)C3CCCCC3)cc2)cc1Br. The first-order valence-electron chi connectivity index (χ1n) is 13.8. The Balaban J connectivity index is 1.58. The van der Waals surface area contributed by atoms with Crippen LogP contribution in [0, 0.1) is 11.8 Å². The highest BCUT2D eigenvalue weighted by atomic mass is 79.9. The molecule has 1 saturated carbocycles. The maximum absolute atomic E-state index is 15.8. The number of unbranched alkanes of at least 4 members (excludes halogenated alkanes) is 2. The van der Waals surface area contributed by atoms with Crippen molar-refractivity contribution in [1.29, 1.82) is 0 Å². The highest BCUT2D eigenvalue weighted by molar-refractivity contribution is 9.10. The van der Waals surface area contributed by atoms with E-state index in [0.717, 1.165) is 72.9 Å². The zero-order valence-electron chi connectivity index (χ0n) is 21.9. The van der Waals surface area contributed by atoms with Crippen molar-refractivity contribution in [3.8, 4) is 16.9 Å². The molecule has 2 atom stereocenters. The quantitative estimate of drug-likeness (QED) is 0.234. The number of rotatable bonds is 14. The van der Waals surface area contributed by atoms with Crippen molar-refractivity contribution >= 4 is 21.9 Å². The second-order valence-corrected chi connectivity index (χ2v) is 11.3. The van der Waals surface area contributed by atoms with Crippen LogP contribution in [0.3, 0.4) is 0 Å². The van der Waals surface area contributed by atoms with Crippen LogP contribution in [0.4, 0.5) is 4.39 Å². The van der Waals surface area contributed by atoms with Crippen molar-refractivity contribution < 1.29 is 19.0 Å². The van der Waals surface area contributed by atoms with Gasteiger partial charge in [0.2, 0.25) is 5.67 Å². The second kappa shape index (κ2) is 14.2. The summed E-state index contributed by atoms with van der Waals surface area (Å²) in [5.74, 6) is -0.672. The molecule has 3 rings (SSSR count). The standard InChI is InChI=1S/C31H42BrFO3/c1-3-5-9-20-36-29-19-18-26(21-28(29)32)25-16-14-24(15-17-25)13-12-23(4-2)22-31(33,30(34)35)27-10-7-6-8-11-27/h14-19,21,23,27H,3-13,20,22H2,1-2H3,(H,34,35)/t23?,31-/m0/s1. The lowest BCUT2D eigenvalue weighted by molar-refractivity contribution is -0.158. The molecule has 0 aliphatic heterocycles. The fourth-order valence-electron chi connectivity index (χ4n) is 5.43. The van der Waals surface area contributed by atoms with Crippen molar-refractivity contribution in [2.45, 2.75) is 96.6 Å². The van der Waals surface area contributed by atoms with E-state index in [9.17, 15) is 9.90 Å². The molecule has 0 radical (unpaired) electrons. The number of hydrogen-bond donors (Lipinski definition) is 1. The van der Waals surface area contributed by atoms with Gasteiger partial charge in [-0.05, 0) is 89.2 Å². The molecular formula is C31H42BrFO3. The maximum atomic E-state index is 15.8. The summed E-state index contributed by atoms with van der Waals surface area (Å²) < 4.78 is 22.6. The number of benzene rings is 2. The lowest BCUT2D eigenvalue weighted by Crippen LogP contribution is -2.44. The summed E-state index contributed by atoms with van der Waals surface area (Å²) >= 11 is 3.64. The van der Waals surface area contributed by atoms with Crippen LogP contribution < -0.4 is 4.74 Å². The van der Waals surface area contributed by atoms with Crippen molar-refractivity contribution in [1.82, 2.24) is 0 Å². The Labute approximate surface area is 225 Å². The summed E-state index contributed by atoms with van der Waals surface area (Å²) in [5.41, 5.74) is 1.36. The van der Waals surface area contributed by atoms with Crippen LogP contribution in [0.5, 0.6) is 5.75 Å². The summed E-state index contributed by atoms with van der Waals surface area (Å²) in [6.45, 7) is 4.96. The van der Waals surface area contributed by atoms with E-state index in [2.05, 4.69) is 59.3 Å². The zero-order valence-corrected chi connectivity index (χ0v) is 23.5. The molecule has 1 aliphatic rings. The van der Waals surface area contributed by atoms with E-state index < -0.39 is 11.6 Å². The van der Waals surface area contributed by atoms with Gasteiger partial charge >= 0.3 is 5.97 Å². The number of ether oxygens (including phenoxy) is 1. The van der Waals surface area contributed by atoms with Gasteiger partial charge in [-0.25, -0.2) is 9.18 Å². The summed E-state index contributed by atoms with van der Waals surface area (Å²) in [6, 6.07) is 14.7. The molecule has 0 aromatic heterocycles. The average Bonchev–Trinajstić information content (AvgIpc) is 2.90. The van der Waals surface area contributed by atoms with E-state index in [1.54, 1.807) is 0 Å². The van der Waals surface area contributed by atoms with Gasteiger partial charge in [0.05, 0.1) is 11.1 Å². The Kier molecular flexibility index (Phi) is 11.3. The summed E-state index contributed by atoms with van der Waals surface area (Å²) in [7, 11) is 0. The van der Waals surface area contributed by atoms with Crippen LogP contribution in [0.1, 0.15) is 90.0 Å². The molecule has 2 aromatic carbocycles. The number of carboxylic acids is 1. The molecule has 2 aromatic rings. The van der Waals surface area contributed by atoms with Crippen LogP contribution in [-0.4, -0.2) is 23.4 Å². The van der Waals surface area contributed by atoms with Gasteiger partial charge in [-0.2, -0.15) is 0 Å². The van der Waals surface area contributed by atoms with Crippen LogP contribution in [0.2, 0.25) is 0 Å². The highest BCUT2D eigenvalue weighted by Crippen LogP contribution is 2.41. The van der Waals surface area contributed by atoms with E-state index in [1.165, 1.54) is 18.4 Å². The number of aliphatic carboxylic acids is 1. The van der Waals surface area contributed by atoms with Gasteiger partial charge in [0.1, 0.15) is 5.75 Å². The van der Waals surface area contributed by atoms with Gasteiger partial charge in [0.15, 0.2) is 0 Å². The van der Waals surface area contributed by atoms with E-state index in [-0.39, 0.29) is 18.3 Å². The van der Waals surface area contributed by atoms with Gasteiger partial charge in [-0.15, -0.1) is 0 Å². The first-order chi connectivity index (χ1) is 17.4. The number of hydrogen-bond acceptors (Lipinski definition) is 2. The van der Waals surface area contributed by atoms with Crippen LogP contribution in [-0.2, 0) is 11.2 Å². The third-order valence-corrected chi connectivity index (χ3v) is 8.46. The van der Waals surface area contributed by atoms with E-state index in [0.29, 0.717) is 12.8 Å². The molecular weight excluding hydrogens is 519 g/mol. The minimum atomic E-state index is -2.09. The van der Waals surface area contributed by atoms with Crippen molar-refractivity contribution in [2.75, 3.05) is 6.61 Å². The van der Waals surface area contributed by atoms with Crippen LogP contribution in [0.15, 0.2) is 46.9 Å². The molecule has 36 heavy (non-hydrogen) atoms. The Morgan fingerprint density at radius 2 is 1.78 bits per heavy atom. The summed E-state index contributed by atoms with van der Waals surface area (Å²) in [4.78, 5) is 12.0. The summed E-state index contributed by atoms with van der Waals surface area (Å²) in [6.07, 6.45) is 10.3. The molecule has 1 aliphatic carbocycles. The topological polar surface area (TPSA) is 46.5 Å². The minimum absolute atomic E-state index is 0.0635. The average molecular weight is 562 g/mol. The van der Waals surface area contributed by atoms with Crippen molar-refractivity contribution in [3.63, 3.8) is 0 Å². The normalized spacial score (nSPS) is 16.9. The van der Waals surface area contributed by atoms with Gasteiger partial charge in [0, 0.05) is 5.92 Å². The van der Waals surface area contributed by atoms with E-state index in [4.69, 9.17) is 4.74 Å². The molecule has 0 saturated heterocycles. The molecule has 1 fully saturated rings. The molecule has 1 unspecified atom stereocenters. The van der Waals surface area contributed by atoms with Crippen molar-refractivity contribution in [2.24, 2.45) is 11.8 Å². The molecule has 0 spiro atoms. The molecule has 0 amide bonds. The number of carboxylic acid groups (broad SMARTS) is 1. The smallest absolute Gasteiger partial charge is 0.341 e. The maximum Gasteiger partial charge on any atom is 0.341 e. The van der Waals surface area contributed by atoms with Gasteiger partial charge in [-0.3, -0.25) is 0 Å². The largest absolute Gasteiger partial charge is 0.492 e. The van der Waals surface area contributed by atoms with Gasteiger partial charge in [0.25, 0.3) is 0 Å².